The fourth-order valence-corrected chi connectivity index (χ4v) is 3.17. The monoisotopic (exact) mass is 397 g/mol. The number of halogens is 1. The van der Waals surface area contributed by atoms with E-state index in [0.29, 0.717) is 22.9 Å². The first-order valence-corrected chi connectivity index (χ1v) is 9.46. The van der Waals surface area contributed by atoms with Crippen LogP contribution >= 0.6 is 0 Å². The summed E-state index contributed by atoms with van der Waals surface area (Å²) in [5.41, 5.74) is 0.536. The number of benzene rings is 2. The Bertz CT molecular complexity index is 1110. The molecule has 1 amide bonds. The maximum absolute atomic E-state index is 14.0. The average molecular weight is 397 g/mol. The van der Waals surface area contributed by atoms with Crippen molar-refractivity contribution in [3.8, 4) is 5.75 Å². The summed E-state index contributed by atoms with van der Waals surface area (Å²) in [7, 11) is 1.39. The molecule has 1 N–H and O–H groups in total. The van der Waals surface area contributed by atoms with Crippen LogP contribution in [0.5, 0.6) is 5.75 Å². The first-order chi connectivity index (χ1) is 13.8. The topological polar surface area (TPSA) is 73.2 Å². The van der Waals surface area contributed by atoms with Crippen LogP contribution in [0.15, 0.2) is 47.3 Å². The molecule has 152 valence electrons. The lowest BCUT2D eigenvalue weighted by molar-refractivity contribution is 0.0934. The Balaban J connectivity index is 1.97. The lowest BCUT2D eigenvalue weighted by atomic mass is 10.1. The standard InChI is InChI=1S/C22H24FN3O3/c1-13(2)12-26-22(28)17-8-6-5-7-16(17)20(25-26)21(27)24-14(3)15-9-10-19(29-4)18(23)11-15/h5-11,13-14H,12H2,1-4H3,(H,24,27)/t14-/m0/s1. The van der Waals surface area contributed by atoms with Gasteiger partial charge in [-0.3, -0.25) is 9.59 Å². The molecule has 0 aliphatic rings. The number of aromatic nitrogens is 2. The van der Waals surface area contributed by atoms with E-state index in [2.05, 4.69) is 10.4 Å². The van der Waals surface area contributed by atoms with Crippen LogP contribution in [0.3, 0.4) is 0 Å². The zero-order valence-corrected chi connectivity index (χ0v) is 16.9. The summed E-state index contributed by atoms with van der Waals surface area (Å²) in [5, 5.41) is 8.11. The summed E-state index contributed by atoms with van der Waals surface area (Å²) >= 11 is 0. The van der Waals surface area contributed by atoms with E-state index in [1.54, 1.807) is 37.3 Å². The smallest absolute Gasteiger partial charge is 0.274 e. The Morgan fingerprint density at radius 2 is 1.86 bits per heavy atom. The summed E-state index contributed by atoms with van der Waals surface area (Å²) in [6, 6.07) is 11.0. The van der Waals surface area contributed by atoms with Gasteiger partial charge in [0.05, 0.1) is 18.5 Å². The number of nitrogens with one attached hydrogen (secondary N) is 1. The van der Waals surface area contributed by atoms with Gasteiger partial charge in [0.1, 0.15) is 0 Å². The summed E-state index contributed by atoms with van der Waals surface area (Å²) < 4.78 is 20.3. The van der Waals surface area contributed by atoms with Crippen LogP contribution in [-0.2, 0) is 6.54 Å². The van der Waals surface area contributed by atoms with E-state index in [9.17, 15) is 14.0 Å². The Kier molecular flexibility index (Phi) is 5.96. The van der Waals surface area contributed by atoms with Gasteiger partial charge in [0.15, 0.2) is 17.3 Å². The molecule has 0 aliphatic heterocycles. The summed E-state index contributed by atoms with van der Waals surface area (Å²) in [4.78, 5) is 25.7. The first kappa shape index (κ1) is 20.5. The molecule has 0 spiro atoms. The number of carbonyl (C=O) groups excluding carboxylic acids is 1. The van der Waals surface area contributed by atoms with Gasteiger partial charge in [-0.15, -0.1) is 0 Å². The van der Waals surface area contributed by atoms with E-state index in [1.807, 2.05) is 13.8 Å². The normalized spacial score (nSPS) is 12.2. The van der Waals surface area contributed by atoms with Gasteiger partial charge in [-0.05, 0) is 36.6 Å². The Morgan fingerprint density at radius 3 is 2.48 bits per heavy atom. The van der Waals surface area contributed by atoms with Gasteiger partial charge in [-0.25, -0.2) is 9.07 Å². The molecule has 1 aromatic heterocycles. The minimum absolute atomic E-state index is 0.140. The minimum atomic E-state index is -0.500. The van der Waals surface area contributed by atoms with E-state index in [1.165, 1.54) is 23.9 Å². The third-order valence-corrected chi connectivity index (χ3v) is 4.64. The van der Waals surface area contributed by atoms with Crippen molar-refractivity contribution in [3.05, 3.63) is 69.9 Å². The molecule has 0 saturated heterocycles. The molecule has 0 unspecified atom stereocenters. The number of amides is 1. The molecule has 1 atom stereocenters. The SMILES string of the molecule is COc1ccc([C@H](C)NC(=O)c2nn(CC(C)C)c(=O)c3ccccc23)cc1F. The van der Waals surface area contributed by atoms with Crippen LogP contribution < -0.4 is 15.6 Å². The molecule has 29 heavy (non-hydrogen) atoms. The van der Waals surface area contributed by atoms with Gasteiger partial charge in [0.2, 0.25) is 0 Å². The van der Waals surface area contributed by atoms with Crippen molar-refractivity contribution in [3.63, 3.8) is 0 Å². The number of methoxy groups -OCH3 is 1. The van der Waals surface area contributed by atoms with Crippen molar-refractivity contribution in [1.29, 1.82) is 0 Å². The van der Waals surface area contributed by atoms with Gasteiger partial charge in [0, 0.05) is 11.9 Å². The molecular formula is C22H24FN3O3. The van der Waals surface area contributed by atoms with Crippen LogP contribution in [-0.4, -0.2) is 22.8 Å². The highest BCUT2D eigenvalue weighted by molar-refractivity contribution is 6.04. The van der Waals surface area contributed by atoms with Crippen molar-refractivity contribution in [1.82, 2.24) is 15.1 Å². The number of rotatable bonds is 6. The van der Waals surface area contributed by atoms with E-state index in [4.69, 9.17) is 4.74 Å². The third kappa shape index (κ3) is 4.29. The first-order valence-electron chi connectivity index (χ1n) is 9.46. The quantitative estimate of drug-likeness (QED) is 0.689. The molecule has 2 aromatic carbocycles. The van der Waals surface area contributed by atoms with Crippen LogP contribution in [0.4, 0.5) is 4.39 Å². The van der Waals surface area contributed by atoms with Crippen molar-refractivity contribution in [2.45, 2.75) is 33.4 Å². The number of nitrogens with zero attached hydrogens (tertiary/aromatic N) is 2. The number of ether oxygens (including phenoxy) is 1. The van der Waals surface area contributed by atoms with Gasteiger partial charge in [-0.2, -0.15) is 5.10 Å². The van der Waals surface area contributed by atoms with Crippen molar-refractivity contribution >= 4 is 16.7 Å². The minimum Gasteiger partial charge on any atom is -0.494 e. The largest absolute Gasteiger partial charge is 0.494 e. The molecule has 3 rings (SSSR count). The Labute approximate surface area is 168 Å². The van der Waals surface area contributed by atoms with Crippen LogP contribution in [0.25, 0.3) is 10.8 Å². The Hall–Kier alpha value is -3.22. The molecule has 1 heterocycles. The van der Waals surface area contributed by atoms with Gasteiger partial charge in [0.25, 0.3) is 11.5 Å². The number of carbonyl (C=O) groups is 1. The fraction of sp³-hybridized carbons (Fsp3) is 0.318. The molecule has 3 aromatic rings. The van der Waals surface area contributed by atoms with Crippen LogP contribution in [0.1, 0.15) is 42.9 Å². The molecular weight excluding hydrogens is 373 g/mol. The number of fused-ring (bicyclic) bond motifs is 1. The van der Waals surface area contributed by atoms with Crippen LogP contribution in [0.2, 0.25) is 0 Å². The van der Waals surface area contributed by atoms with Gasteiger partial charge in [-0.1, -0.05) is 38.1 Å². The lowest BCUT2D eigenvalue weighted by Crippen LogP contribution is -2.32. The molecule has 0 saturated carbocycles. The molecule has 0 fully saturated rings. The second kappa shape index (κ2) is 8.43. The predicted molar refractivity (Wildman–Crippen MR) is 110 cm³/mol. The van der Waals surface area contributed by atoms with Gasteiger partial charge >= 0.3 is 0 Å². The summed E-state index contributed by atoms with van der Waals surface area (Å²) in [5.74, 6) is -0.596. The van der Waals surface area contributed by atoms with Crippen molar-refractivity contribution in [2.24, 2.45) is 5.92 Å². The second-order valence-electron chi connectivity index (χ2n) is 7.36. The highest BCUT2D eigenvalue weighted by Crippen LogP contribution is 2.22. The lowest BCUT2D eigenvalue weighted by Gasteiger charge is -2.17. The van der Waals surface area contributed by atoms with Gasteiger partial charge < -0.3 is 10.1 Å². The molecule has 0 aliphatic carbocycles. The Morgan fingerprint density at radius 1 is 1.17 bits per heavy atom. The molecule has 6 nitrogen and oxygen atoms in total. The molecule has 7 heteroatoms. The summed E-state index contributed by atoms with van der Waals surface area (Å²) in [6.07, 6.45) is 0. The molecule has 0 bridgehead atoms. The van der Waals surface area contributed by atoms with Crippen LogP contribution in [0, 0.1) is 11.7 Å². The second-order valence-corrected chi connectivity index (χ2v) is 7.36. The van der Waals surface area contributed by atoms with E-state index in [0.717, 1.165) is 0 Å². The number of hydrogen-bond acceptors (Lipinski definition) is 4. The zero-order chi connectivity index (χ0) is 21.1. The maximum Gasteiger partial charge on any atom is 0.274 e. The third-order valence-electron chi connectivity index (χ3n) is 4.64. The van der Waals surface area contributed by atoms with Crippen molar-refractivity contribution in [2.75, 3.05) is 7.11 Å². The van der Waals surface area contributed by atoms with E-state index < -0.39 is 17.8 Å². The van der Waals surface area contributed by atoms with Crippen molar-refractivity contribution < 1.29 is 13.9 Å². The average Bonchev–Trinajstić information content (AvgIpc) is 2.69. The summed E-state index contributed by atoms with van der Waals surface area (Å²) in [6.45, 7) is 6.11. The van der Waals surface area contributed by atoms with E-state index >= 15 is 0 Å². The maximum atomic E-state index is 14.0. The predicted octanol–water partition coefficient (Wildman–Crippen LogP) is 3.69. The number of hydrogen-bond donors (Lipinski definition) is 1. The highest BCUT2D eigenvalue weighted by Gasteiger charge is 2.19. The zero-order valence-electron chi connectivity index (χ0n) is 16.9. The highest BCUT2D eigenvalue weighted by atomic mass is 19.1. The van der Waals surface area contributed by atoms with E-state index in [-0.39, 0.29) is 22.9 Å². The fourth-order valence-electron chi connectivity index (χ4n) is 3.17. The molecule has 0 radical (unpaired) electrons.